The van der Waals surface area contributed by atoms with E-state index in [0.29, 0.717) is 11.6 Å². The van der Waals surface area contributed by atoms with Crippen molar-refractivity contribution in [2.75, 3.05) is 13.1 Å². The molecular formula is C16H26N2. The number of rotatable bonds is 4. The zero-order valence-corrected chi connectivity index (χ0v) is 11.9. The van der Waals surface area contributed by atoms with Crippen LogP contribution in [0.25, 0.3) is 0 Å². The minimum absolute atomic E-state index is 0.336. The van der Waals surface area contributed by atoms with Gasteiger partial charge in [0.25, 0.3) is 0 Å². The van der Waals surface area contributed by atoms with Crippen molar-refractivity contribution in [2.24, 2.45) is 0 Å². The Labute approximate surface area is 111 Å². The molecule has 0 aromatic heterocycles. The van der Waals surface area contributed by atoms with Crippen molar-refractivity contribution in [3.05, 3.63) is 35.9 Å². The summed E-state index contributed by atoms with van der Waals surface area (Å²) in [6.45, 7) is 10.3. The monoisotopic (exact) mass is 246 g/mol. The Morgan fingerprint density at radius 3 is 2.50 bits per heavy atom. The standard InChI is InChI=1S/C16H26N2/c1-4-16(5-2)13-17-14(3)11-18(16)12-15-9-7-6-8-10-15/h6-10,14,17H,4-5,11-13H2,1-3H3. The second kappa shape index (κ2) is 5.85. The van der Waals surface area contributed by atoms with Gasteiger partial charge >= 0.3 is 0 Å². The van der Waals surface area contributed by atoms with E-state index in [1.165, 1.54) is 18.4 Å². The predicted molar refractivity (Wildman–Crippen MR) is 77.6 cm³/mol. The molecule has 1 aliphatic heterocycles. The highest BCUT2D eigenvalue weighted by atomic mass is 15.3. The Balaban J connectivity index is 2.15. The van der Waals surface area contributed by atoms with Gasteiger partial charge in [-0.3, -0.25) is 4.90 Å². The van der Waals surface area contributed by atoms with Gasteiger partial charge in [0, 0.05) is 31.2 Å². The lowest BCUT2D eigenvalue weighted by Crippen LogP contribution is -2.63. The first-order chi connectivity index (χ1) is 8.70. The van der Waals surface area contributed by atoms with Gasteiger partial charge in [-0.25, -0.2) is 0 Å². The number of hydrogen-bond donors (Lipinski definition) is 1. The molecule has 1 aromatic rings. The summed E-state index contributed by atoms with van der Waals surface area (Å²) in [4.78, 5) is 2.68. The van der Waals surface area contributed by atoms with E-state index >= 15 is 0 Å². The fraction of sp³-hybridized carbons (Fsp3) is 0.625. The highest BCUT2D eigenvalue weighted by Crippen LogP contribution is 2.28. The molecule has 0 amide bonds. The van der Waals surface area contributed by atoms with Gasteiger partial charge in [-0.05, 0) is 25.3 Å². The average Bonchev–Trinajstić information content (AvgIpc) is 2.41. The van der Waals surface area contributed by atoms with Crippen LogP contribution in [-0.4, -0.2) is 29.6 Å². The minimum Gasteiger partial charge on any atom is -0.311 e. The molecule has 0 saturated carbocycles. The molecule has 0 bridgehead atoms. The van der Waals surface area contributed by atoms with E-state index in [1.54, 1.807) is 0 Å². The maximum absolute atomic E-state index is 3.65. The second-order valence-electron chi connectivity index (χ2n) is 5.58. The Kier molecular flexibility index (Phi) is 4.41. The number of benzene rings is 1. The van der Waals surface area contributed by atoms with Crippen LogP contribution in [0.4, 0.5) is 0 Å². The van der Waals surface area contributed by atoms with Crippen molar-refractivity contribution in [1.82, 2.24) is 10.2 Å². The van der Waals surface area contributed by atoms with Gasteiger partial charge in [0.2, 0.25) is 0 Å². The maximum atomic E-state index is 3.65. The third kappa shape index (κ3) is 2.76. The third-order valence-electron chi connectivity index (χ3n) is 4.48. The maximum Gasteiger partial charge on any atom is 0.0333 e. The van der Waals surface area contributed by atoms with Gasteiger partial charge in [0.15, 0.2) is 0 Å². The predicted octanol–water partition coefficient (Wildman–Crippen LogP) is 3.04. The summed E-state index contributed by atoms with van der Waals surface area (Å²) >= 11 is 0. The molecule has 100 valence electrons. The van der Waals surface area contributed by atoms with Crippen molar-refractivity contribution >= 4 is 0 Å². The molecule has 2 heteroatoms. The molecule has 1 aromatic carbocycles. The molecule has 1 heterocycles. The molecule has 1 unspecified atom stereocenters. The minimum atomic E-state index is 0.336. The van der Waals surface area contributed by atoms with Crippen LogP contribution in [0.15, 0.2) is 30.3 Å². The fourth-order valence-electron chi connectivity index (χ4n) is 3.05. The van der Waals surface area contributed by atoms with Gasteiger partial charge in [0.05, 0.1) is 0 Å². The molecule has 2 nitrogen and oxygen atoms in total. The Hall–Kier alpha value is -0.860. The molecule has 1 fully saturated rings. The SMILES string of the molecule is CCC1(CC)CNC(C)CN1Cc1ccccc1. The van der Waals surface area contributed by atoms with E-state index in [2.05, 4.69) is 61.3 Å². The molecule has 0 radical (unpaired) electrons. The van der Waals surface area contributed by atoms with Crippen LogP contribution >= 0.6 is 0 Å². The molecule has 1 atom stereocenters. The van der Waals surface area contributed by atoms with Crippen LogP contribution in [0, 0.1) is 0 Å². The topological polar surface area (TPSA) is 15.3 Å². The zero-order chi connectivity index (χ0) is 13.0. The van der Waals surface area contributed by atoms with Gasteiger partial charge in [-0.1, -0.05) is 44.2 Å². The summed E-state index contributed by atoms with van der Waals surface area (Å²) in [6, 6.07) is 11.4. The van der Waals surface area contributed by atoms with Crippen LogP contribution in [0.1, 0.15) is 39.2 Å². The summed E-state index contributed by atoms with van der Waals surface area (Å²) in [5.41, 5.74) is 1.76. The van der Waals surface area contributed by atoms with Gasteiger partial charge in [-0.15, -0.1) is 0 Å². The number of hydrogen-bond acceptors (Lipinski definition) is 2. The van der Waals surface area contributed by atoms with Gasteiger partial charge in [-0.2, -0.15) is 0 Å². The van der Waals surface area contributed by atoms with Crippen LogP contribution in [-0.2, 0) is 6.54 Å². The zero-order valence-electron chi connectivity index (χ0n) is 11.9. The summed E-state index contributed by atoms with van der Waals surface area (Å²) in [5, 5.41) is 3.65. The van der Waals surface area contributed by atoms with Crippen LogP contribution < -0.4 is 5.32 Å². The first-order valence-corrected chi connectivity index (χ1v) is 7.22. The van der Waals surface area contributed by atoms with E-state index in [0.717, 1.165) is 19.6 Å². The lowest BCUT2D eigenvalue weighted by atomic mass is 9.87. The number of nitrogens with zero attached hydrogens (tertiary/aromatic N) is 1. The van der Waals surface area contributed by atoms with E-state index in [-0.39, 0.29) is 0 Å². The number of piperazine rings is 1. The first-order valence-electron chi connectivity index (χ1n) is 7.22. The lowest BCUT2D eigenvalue weighted by Gasteiger charge is -2.49. The smallest absolute Gasteiger partial charge is 0.0333 e. The Bertz CT molecular complexity index is 357. The first kappa shape index (κ1) is 13.6. The summed E-state index contributed by atoms with van der Waals surface area (Å²) in [6.07, 6.45) is 2.44. The lowest BCUT2D eigenvalue weighted by molar-refractivity contribution is 0.0278. The quantitative estimate of drug-likeness (QED) is 0.878. The van der Waals surface area contributed by atoms with Gasteiger partial charge in [0.1, 0.15) is 0 Å². The van der Waals surface area contributed by atoms with E-state index < -0.39 is 0 Å². The molecule has 0 aliphatic carbocycles. The largest absolute Gasteiger partial charge is 0.311 e. The van der Waals surface area contributed by atoms with Crippen molar-refractivity contribution in [1.29, 1.82) is 0 Å². The summed E-state index contributed by atoms with van der Waals surface area (Å²) < 4.78 is 0. The highest BCUT2D eigenvalue weighted by Gasteiger charge is 2.37. The van der Waals surface area contributed by atoms with Crippen LogP contribution in [0.3, 0.4) is 0 Å². The molecule has 1 N–H and O–H groups in total. The summed E-state index contributed by atoms with van der Waals surface area (Å²) in [7, 11) is 0. The normalized spacial score (nSPS) is 24.1. The highest BCUT2D eigenvalue weighted by molar-refractivity contribution is 5.15. The molecular weight excluding hydrogens is 220 g/mol. The molecule has 18 heavy (non-hydrogen) atoms. The second-order valence-corrected chi connectivity index (χ2v) is 5.58. The Morgan fingerprint density at radius 1 is 1.22 bits per heavy atom. The van der Waals surface area contributed by atoms with Crippen molar-refractivity contribution in [2.45, 2.75) is 51.7 Å². The van der Waals surface area contributed by atoms with Gasteiger partial charge < -0.3 is 5.32 Å². The molecule has 1 saturated heterocycles. The van der Waals surface area contributed by atoms with E-state index in [1.807, 2.05) is 0 Å². The molecule has 2 rings (SSSR count). The number of nitrogens with one attached hydrogen (secondary N) is 1. The van der Waals surface area contributed by atoms with E-state index in [4.69, 9.17) is 0 Å². The van der Waals surface area contributed by atoms with Crippen molar-refractivity contribution in [3.63, 3.8) is 0 Å². The van der Waals surface area contributed by atoms with Crippen LogP contribution in [0.5, 0.6) is 0 Å². The molecule has 1 aliphatic rings. The summed E-state index contributed by atoms with van der Waals surface area (Å²) in [5.74, 6) is 0. The van der Waals surface area contributed by atoms with Crippen molar-refractivity contribution in [3.8, 4) is 0 Å². The van der Waals surface area contributed by atoms with E-state index in [9.17, 15) is 0 Å². The fourth-order valence-corrected chi connectivity index (χ4v) is 3.05. The Morgan fingerprint density at radius 2 is 1.89 bits per heavy atom. The third-order valence-corrected chi connectivity index (χ3v) is 4.48. The van der Waals surface area contributed by atoms with Crippen LogP contribution in [0.2, 0.25) is 0 Å². The molecule has 0 spiro atoms. The average molecular weight is 246 g/mol. The van der Waals surface area contributed by atoms with Crippen molar-refractivity contribution < 1.29 is 0 Å².